The van der Waals surface area contributed by atoms with E-state index in [0.29, 0.717) is 6.54 Å². The first-order chi connectivity index (χ1) is 9.63. The third-order valence-corrected chi connectivity index (χ3v) is 3.23. The number of fused-ring (bicyclic) bond motifs is 3. The quantitative estimate of drug-likeness (QED) is 0.712. The molecule has 0 saturated carbocycles. The van der Waals surface area contributed by atoms with Crippen LogP contribution in [0.5, 0.6) is 0 Å². The molecule has 7 heteroatoms. The summed E-state index contributed by atoms with van der Waals surface area (Å²) < 4.78 is 6.04. The van der Waals surface area contributed by atoms with E-state index < -0.39 is 5.97 Å². The molecule has 20 heavy (non-hydrogen) atoms. The number of aromatic nitrogens is 3. The van der Waals surface area contributed by atoms with Crippen LogP contribution in [0.1, 0.15) is 26.5 Å². The lowest BCUT2D eigenvalue weighted by Gasteiger charge is -2.13. The summed E-state index contributed by atoms with van der Waals surface area (Å²) in [4.78, 5) is 25.7. The Labute approximate surface area is 114 Å². The highest BCUT2D eigenvalue weighted by Crippen LogP contribution is 2.24. The fourth-order valence-electron chi connectivity index (χ4n) is 2.24. The van der Waals surface area contributed by atoms with E-state index in [2.05, 4.69) is 15.0 Å². The second kappa shape index (κ2) is 4.44. The van der Waals surface area contributed by atoms with Crippen molar-refractivity contribution in [2.24, 2.45) is 0 Å². The molecule has 3 rings (SSSR count). The number of esters is 1. The molecule has 1 aromatic heterocycles. The van der Waals surface area contributed by atoms with Crippen LogP contribution >= 0.6 is 0 Å². The number of carbonyl (C=O) groups excluding carboxylic acids is 2. The Morgan fingerprint density at radius 1 is 1.35 bits per heavy atom. The van der Waals surface area contributed by atoms with E-state index in [1.807, 2.05) is 24.3 Å². The molecule has 0 saturated heterocycles. The van der Waals surface area contributed by atoms with Crippen molar-refractivity contribution >= 4 is 11.9 Å². The Morgan fingerprint density at radius 2 is 2.10 bits per heavy atom. The molecule has 0 spiro atoms. The summed E-state index contributed by atoms with van der Waals surface area (Å²) in [6, 6.07) is 7.48. The van der Waals surface area contributed by atoms with E-state index in [1.54, 1.807) is 7.05 Å². The predicted octanol–water partition coefficient (Wildman–Crippen LogP) is 0.639. The van der Waals surface area contributed by atoms with Gasteiger partial charge in [0.2, 0.25) is 5.69 Å². The molecule has 1 amide bonds. The van der Waals surface area contributed by atoms with Crippen LogP contribution < -0.4 is 0 Å². The minimum Gasteiger partial charge on any atom is -0.464 e. The van der Waals surface area contributed by atoms with Crippen LogP contribution in [0.3, 0.4) is 0 Å². The minimum absolute atomic E-state index is 0.0685. The van der Waals surface area contributed by atoms with Gasteiger partial charge in [-0.25, -0.2) is 9.48 Å². The second-order valence-corrected chi connectivity index (χ2v) is 4.48. The van der Waals surface area contributed by atoms with Gasteiger partial charge < -0.3 is 9.64 Å². The normalized spacial score (nSPS) is 13.5. The molecule has 0 fully saturated rings. The zero-order chi connectivity index (χ0) is 14.3. The van der Waals surface area contributed by atoms with E-state index >= 15 is 0 Å². The summed E-state index contributed by atoms with van der Waals surface area (Å²) in [5.74, 6) is -0.987. The van der Waals surface area contributed by atoms with Crippen LogP contribution in [-0.2, 0) is 11.3 Å². The Hall–Kier alpha value is -2.70. The SMILES string of the molecule is COC(=O)c1nnn2c1C(=O)N(C)Cc1ccccc1-2. The summed E-state index contributed by atoms with van der Waals surface area (Å²) in [5.41, 5.74) is 1.73. The fourth-order valence-corrected chi connectivity index (χ4v) is 2.24. The van der Waals surface area contributed by atoms with Crippen LogP contribution in [0.25, 0.3) is 5.69 Å². The number of hydrogen-bond acceptors (Lipinski definition) is 5. The van der Waals surface area contributed by atoms with Gasteiger partial charge in [0.25, 0.3) is 5.91 Å². The molecule has 0 bridgehead atoms. The first kappa shape index (κ1) is 12.3. The van der Waals surface area contributed by atoms with Crippen molar-refractivity contribution < 1.29 is 14.3 Å². The molecule has 1 aliphatic heterocycles. The summed E-state index contributed by atoms with van der Waals surface area (Å²) in [5, 5.41) is 7.72. The van der Waals surface area contributed by atoms with Crippen molar-refractivity contribution in [2.75, 3.05) is 14.2 Å². The number of nitrogens with zero attached hydrogens (tertiary/aromatic N) is 4. The molecule has 1 aliphatic rings. The van der Waals surface area contributed by atoms with Crippen molar-refractivity contribution in [2.45, 2.75) is 6.54 Å². The van der Waals surface area contributed by atoms with Gasteiger partial charge in [0, 0.05) is 13.6 Å². The summed E-state index contributed by atoms with van der Waals surface area (Å²) in [6.45, 7) is 0.443. The van der Waals surface area contributed by atoms with Crippen molar-refractivity contribution in [1.82, 2.24) is 19.9 Å². The Bertz CT molecular complexity index is 707. The number of methoxy groups -OCH3 is 1. The van der Waals surface area contributed by atoms with E-state index in [-0.39, 0.29) is 17.3 Å². The molecular weight excluding hydrogens is 260 g/mol. The van der Waals surface area contributed by atoms with Gasteiger partial charge in [0.05, 0.1) is 12.8 Å². The third-order valence-electron chi connectivity index (χ3n) is 3.23. The van der Waals surface area contributed by atoms with Crippen molar-refractivity contribution in [3.63, 3.8) is 0 Å². The number of amides is 1. The molecule has 0 N–H and O–H groups in total. The van der Waals surface area contributed by atoms with E-state index in [4.69, 9.17) is 0 Å². The van der Waals surface area contributed by atoms with Gasteiger partial charge in [0.15, 0.2) is 5.69 Å². The van der Waals surface area contributed by atoms with Crippen LogP contribution in [0.2, 0.25) is 0 Å². The zero-order valence-corrected chi connectivity index (χ0v) is 11.0. The average Bonchev–Trinajstić information content (AvgIpc) is 2.86. The minimum atomic E-state index is -0.674. The summed E-state index contributed by atoms with van der Waals surface area (Å²) in [7, 11) is 2.91. The van der Waals surface area contributed by atoms with E-state index in [1.165, 1.54) is 16.7 Å². The number of ether oxygens (including phenoxy) is 1. The molecule has 102 valence electrons. The molecule has 0 aliphatic carbocycles. The third kappa shape index (κ3) is 1.67. The number of hydrogen-bond donors (Lipinski definition) is 0. The molecule has 0 unspecified atom stereocenters. The highest BCUT2D eigenvalue weighted by molar-refractivity contribution is 6.03. The predicted molar refractivity (Wildman–Crippen MR) is 68.5 cm³/mol. The highest BCUT2D eigenvalue weighted by atomic mass is 16.5. The first-order valence-corrected chi connectivity index (χ1v) is 6.01. The van der Waals surface area contributed by atoms with Gasteiger partial charge in [-0.3, -0.25) is 4.79 Å². The van der Waals surface area contributed by atoms with Crippen molar-refractivity contribution in [3.8, 4) is 5.69 Å². The van der Waals surface area contributed by atoms with Crippen LogP contribution in [0.4, 0.5) is 0 Å². The van der Waals surface area contributed by atoms with Crippen LogP contribution in [0, 0.1) is 0 Å². The maximum absolute atomic E-state index is 12.4. The highest BCUT2D eigenvalue weighted by Gasteiger charge is 2.32. The molecule has 0 radical (unpaired) electrons. The number of carbonyl (C=O) groups is 2. The largest absolute Gasteiger partial charge is 0.464 e. The van der Waals surface area contributed by atoms with E-state index in [0.717, 1.165) is 11.3 Å². The fraction of sp³-hybridized carbons (Fsp3) is 0.231. The first-order valence-electron chi connectivity index (χ1n) is 6.01. The Morgan fingerprint density at radius 3 is 2.85 bits per heavy atom. The lowest BCUT2D eigenvalue weighted by molar-refractivity contribution is 0.0585. The zero-order valence-electron chi connectivity index (χ0n) is 11.0. The Kier molecular flexibility index (Phi) is 2.74. The topological polar surface area (TPSA) is 77.3 Å². The maximum Gasteiger partial charge on any atom is 0.361 e. The number of benzene rings is 1. The van der Waals surface area contributed by atoms with Crippen LogP contribution in [0.15, 0.2) is 24.3 Å². The standard InChI is InChI=1S/C13H12N4O3/c1-16-7-8-5-3-4-6-9(8)17-11(12(16)18)10(14-15-17)13(19)20-2/h3-6H,7H2,1-2H3. The van der Waals surface area contributed by atoms with Crippen molar-refractivity contribution in [1.29, 1.82) is 0 Å². The van der Waals surface area contributed by atoms with Crippen molar-refractivity contribution in [3.05, 3.63) is 41.2 Å². The lowest BCUT2D eigenvalue weighted by Crippen LogP contribution is -2.27. The molecular formula is C13H12N4O3. The van der Waals surface area contributed by atoms with Gasteiger partial charge in [-0.1, -0.05) is 23.4 Å². The summed E-state index contributed by atoms with van der Waals surface area (Å²) in [6.07, 6.45) is 0. The molecule has 1 aromatic carbocycles. The van der Waals surface area contributed by atoms with Gasteiger partial charge in [-0.05, 0) is 11.6 Å². The monoisotopic (exact) mass is 272 g/mol. The average molecular weight is 272 g/mol. The van der Waals surface area contributed by atoms with E-state index in [9.17, 15) is 9.59 Å². The van der Waals surface area contributed by atoms with Crippen LogP contribution in [-0.4, -0.2) is 45.9 Å². The molecule has 0 atom stereocenters. The Balaban J connectivity index is 2.28. The van der Waals surface area contributed by atoms with Gasteiger partial charge >= 0.3 is 5.97 Å². The molecule has 2 heterocycles. The van der Waals surface area contributed by atoms with Gasteiger partial charge in [-0.15, -0.1) is 5.10 Å². The molecule has 2 aromatic rings. The van der Waals surface area contributed by atoms with Gasteiger partial charge in [-0.2, -0.15) is 0 Å². The number of rotatable bonds is 1. The summed E-state index contributed by atoms with van der Waals surface area (Å²) >= 11 is 0. The lowest BCUT2D eigenvalue weighted by atomic mass is 10.2. The maximum atomic E-state index is 12.4. The smallest absolute Gasteiger partial charge is 0.361 e. The van der Waals surface area contributed by atoms with Gasteiger partial charge in [0.1, 0.15) is 0 Å². The number of para-hydroxylation sites is 1. The molecule has 7 nitrogen and oxygen atoms in total. The second-order valence-electron chi connectivity index (χ2n) is 4.48.